The van der Waals surface area contributed by atoms with Crippen molar-refractivity contribution in [2.24, 2.45) is 5.92 Å². The fraction of sp³-hybridized carbons (Fsp3) is 0.391. The highest BCUT2D eigenvalue weighted by atomic mass is 16.7. The minimum atomic E-state index is -1.31. The lowest BCUT2D eigenvalue weighted by atomic mass is 9.67. The normalized spacial score (nSPS) is 20.6. The third-order valence-corrected chi connectivity index (χ3v) is 6.04. The van der Waals surface area contributed by atoms with Crippen LogP contribution in [0.3, 0.4) is 0 Å². The van der Waals surface area contributed by atoms with Gasteiger partial charge in [0, 0.05) is 12.2 Å². The first-order valence-electron chi connectivity index (χ1n) is 10.1. The number of hydrogen-bond acceptors (Lipinski definition) is 4. The molecule has 2 aliphatic rings. The third kappa shape index (κ3) is 2.85. The molecule has 1 N–H and O–H groups in total. The van der Waals surface area contributed by atoms with Crippen LogP contribution in [0.1, 0.15) is 44.2 Å². The van der Waals surface area contributed by atoms with Gasteiger partial charge in [0.15, 0.2) is 11.5 Å². The summed E-state index contributed by atoms with van der Waals surface area (Å²) in [7, 11) is 0. The Morgan fingerprint density at radius 2 is 1.93 bits per heavy atom. The molecule has 2 unspecified atom stereocenters. The molecule has 6 nitrogen and oxygen atoms in total. The summed E-state index contributed by atoms with van der Waals surface area (Å²) in [5, 5.41) is 9.98. The fourth-order valence-electron chi connectivity index (χ4n) is 4.50. The summed E-state index contributed by atoms with van der Waals surface area (Å²) in [4.78, 5) is 27.9. The lowest BCUT2D eigenvalue weighted by Crippen LogP contribution is -2.48. The molecular weight excluding hydrogens is 370 g/mol. The molecule has 0 bridgehead atoms. The molecular formula is C23H25NO5. The van der Waals surface area contributed by atoms with Gasteiger partial charge in [0.05, 0.1) is 5.92 Å². The number of carbonyl (C=O) groups is 2. The van der Waals surface area contributed by atoms with Crippen molar-refractivity contribution in [1.29, 1.82) is 0 Å². The van der Waals surface area contributed by atoms with E-state index >= 15 is 0 Å². The van der Waals surface area contributed by atoms with Crippen molar-refractivity contribution < 1.29 is 24.2 Å². The third-order valence-electron chi connectivity index (χ3n) is 6.04. The van der Waals surface area contributed by atoms with Crippen molar-refractivity contribution in [3.63, 3.8) is 0 Å². The van der Waals surface area contributed by atoms with Gasteiger partial charge < -0.3 is 19.5 Å². The Morgan fingerprint density at radius 1 is 1.17 bits per heavy atom. The first-order valence-corrected chi connectivity index (χ1v) is 10.1. The molecule has 0 spiro atoms. The van der Waals surface area contributed by atoms with Crippen molar-refractivity contribution in [3.05, 3.63) is 53.6 Å². The van der Waals surface area contributed by atoms with Gasteiger partial charge in [-0.1, -0.05) is 51.0 Å². The summed E-state index contributed by atoms with van der Waals surface area (Å²) >= 11 is 0. The lowest BCUT2D eigenvalue weighted by Gasteiger charge is -2.33. The Kier molecular flexibility index (Phi) is 4.94. The average molecular weight is 395 g/mol. The van der Waals surface area contributed by atoms with E-state index in [0.29, 0.717) is 23.6 Å². The highest BCUT2D eigenvalue weighted by molar-refractivity contribution is 6.12. The van der Waals surface area contributed by atoms with E-state index in [0.717, 1.165) is 30.5 Å². The Bertz CT molecular complexity index is 956. The van der Waals surface area contributed by atoms with Gasteiger partial charge in [-0.25, -0.2) is 0 Å². The first-order chi connectivity index (χ1) is 14.0. The molecule has 2 aromatic rings. The molecule has 152 valence electrons. The molecule has 0 saturated heterocycles. The lowest BCUT2D eigenvalue weighted by molar-refractivity contribution is -0.145. The van der Waals surface area contributed by atoms with Crippen LogP contribution >= 0.6 is 0 Å². The van der Waals surface area contributed by atoms with E-state index in [2.05, 4.69) is 6.92 Å². The van der Waals surface area contributed by atoms with Crippen LogP contribution in [0.2, 0.25) is 0 Å². The zero-order chi connectivity index (χ0) is 20.6. The van der Waals surface area contributed by atoms with Crippen LogP contribution in [0.4, 0.5) is 5.69 Å². The topological polar surface area (TPSA) is 76.1 Å². The van der Waals surface area contributed by atoms with E-state index < -0.39 is 17.3 Å². The number of carboxylic acid groups (broad SMARTS) is 1. The van der Waals surface area contributed by atoms with Crippen LogP contribution in [-0.2, 0) is 15.0 Å². The number of rotatable bonds is 7. The van der Waals surface area contributed by atoms with Gasteiger partial charge >= 0.3 is 5.97 Å². The van der Waals surface area contributed by atoms with Crippen molar-refractivity contribution >= 4 is 17.6 Å². The minimum Gasteiger partial charge on any atom is -0.481 e. The number of carboxylic acids is 1. The van der Waals surface area contributed by atoms with E-state index in [1.807, 2.05) is 24.3 Å². The monoisotopic (exact) mass is 395 g/mol. The van der Waals surface area contributed by atoms with E-state index in [1.165, 1.54) is 0 Å². The molecule has 2 heterocycles. The Labute approximate surface area is 170 Å². The molecule has 2 atom stereocenters. The van der Waals surface area contributed by atoms with Crippen LogP contribution in [0.5, 0.6) is 11.5 Å². The van der Waals surface area contributed by atoms with Gasteiger partial charge in [0.1, 0.15) is 5.41 Å². The van der Waals surface area contributed by atoms with Crippen LogP contribution in [0.25, 0.3) is 0 Å². The van der Waals surface area contributed by atoms with Crippen LogP contribution in [0.15, 0.2) is 42.5 Å². The summed E-state index contributed by atoms with van der Waals surface area (Å²) in [5.74, 6) is -1.02. The highest BCUT2D eigenvalue weighted by Crippen LogP contribution is 2.52. The molecule has 0 saturated carbocycles. The summed E-state index contributed by atoms with van der Waals surface area (Å²) < 4.78 is 10.9. The quantitative estimate of drug-likeness (QED) is 0.718. The van der Waals surface area contributed by atoms with Gasteiger partial charge in [-0.15, -0.1) is 0 Å². The number of carbonyl (C=O) groups excluding carboxylic acids is 1. The van der Waals surface area contributed by atoms with Crippen molar-refractivity contribution in [2.75, 3.05) is 18.2 Å². The van der Waals surface area contributed by atoms with E-state index in [-0.39, 0.29) is 12.7 Å². The maximum absolute atomic E-state index is 13.9. The molecule has 4 rings (SSSR count). The average Bonchev–Trinajstić information content (AvgIpc) is 3.28. The standard InChI is InChI=1S/C23H25NO5/c1-3-4-7-12-24-18-9-6-5-8-17(18)23(22(24)27,15(2)21(25)26)16-10-11-19-20(13-16)29-14-28-19/h5-6,8-11,13,15H,3-4,7,12,14H2,1-2H3,(H,25,26). The number of unbranched alkanes of at least 4 members (excludes halogenated alkanes) is 2. The predicted molar refractivity (Wildman–Crippen MR) is 108 cm³/mol. The number of para-hydroxylation sites is 1. The molecule has 2 aromatic carbocycles. The van der Waals surface area contributed by atoms with Crippen LogP contribution in [-0.4, -0.2) is 30.3 Å². The largest absolute Gasteiger partial charge is 0.481 e. The molecule has 0 fully saturated rings. The second kappa shape index (κ2) is 7.43. The van der Waals surface area contributed by atoms with E-state index in [9.17, 15) is 14.7 Å². The zero-order valence-corrected chi connectivity index (χ0v) is 16.7. The maximum atomic E-state index is 13.9. The number of ether oxygens (including phenoxy) is 2. The Balaban J connectivity index is 1.91. The van der Waals surface area contributed by atoms with Gasteiger partial charge in [0.25, 0.3) is 0 Å². The van der Waals surface area contributed by atoms with Gasteiger partial charge in [-0.05, 0) is 35.7 Å². The minimum absolute atomic E-state index is 0.119. The van der Waals surface area contributed by atoms with Crippen LogP contribution in [0, 0.1) is 5.92 Å². The number of hydrogen-bond donors (Lipinski definition) is 1. The van der Waals surface area contributed by atoms with Crippen molar-refractivity contribution in [2.45, 2.75) is 38.5 Å². The number of nitrogens with zero attached hydrogens (tertiary/aromatic N) is 1. The predicted octanol–water partition coefficient (Wildman–Crippen LogP) is 3.96. The second-order valence-corrected chi connectivity index (χ2v) is 7.62. The molecule has 29 heavy (non-hydrogen) atoms. The van der Waals surface area contributed by atoms with Gasteiger partial charge in [-0.2, -0.15) is 0 Å². The zero-order valence-electron chi connectivity index (χ0n) is 16.7. The summed E-state index contributed by atoms with van der Waals surface area (Å²) in [6.07, 6.45) is 2.93. The Morgan fingerprint density at radius 3 is 2.69 bits per heavy atom. The number of fused-ring (bicyclic) bond motifs is 2. The number of amides is 1. The smallest absolute Gasteiger partial charge is 0.308 e. The van der Waals surface area contributed by atoms with E-state index in [4.69, 9.17) is 9.47 Å². The Hall–Kier alpha value is -3.02. The fourth-order valence-corrected chi connectivity index (χ4v) is 4.50. The molecule has 0 aromatic heterocycles. The SMILES string of the molecule is CCCCCN1C(=O)C(c2ccc3c(c2)OCO3)(C(C)C(=O)O)c2ccccc21. The number of aliphatic carboxylic acids is 1. The van der Waals surface area contributed by atoms with Gasteiger partial charge in [-0.3, -0.25) is 9.59 Å². The van der Waals surface area contributed by atoms with Gasteiger partial charge in [0.2, 0.25) is 12.7 Å². The molecule has 6 heteroatoms. The van der Waals surface area contributed by atoms with Crippen LogP contribution < -0.4 is 14.4 Å². The first kappa shape index (κ1) is 19.3. The number of anilines is 1. The van der Waals surface area contributed by atoms with Crippen molar-refractivity contribution in [1.82, 2.24) is 0 Å². The van der Waals surface area contributed by atoms with E-state index in [1.54, 1.807) is 30.0 Å². The molecule has 0 aliphatic carbocycles. The molecule has 2 aliphatic heterocycles. The van der Waals surface area contributed by atoms with Crippen molar-refractivity contribution in [3.8, 4) is 11.5 Å². The summed E-state index contributed by atoms with van der Waals surface area (Å²) in [5.41, 5.74) is 0.831. The molecule has 1 amide bonds. The maximum Gasteiger partial charge on any atom is 0.308 e. The summed E-state index contributed by atoms with van der Waals surface area (Å²) in [6.45, 7) is 4.41. The second-order valence-electron chi connectivity index (χ2n) is 7.62. The molecule has 0 radical (unpaired) electrons. The summed E-state index contributed by atoms with van der Waals surface area (Å²) in [6, 6.07) is 12.8. The number of benzene rings is 2. The highest BCUT2D eigenvalue weighted by Gasteiger charge is 2.57.